The maximum Gasteiger partial charge on any atom is 0.162 e. The molecule has 18 heavy (non-hydrogen) atoms. The fourth-order valence-electron chi connectivity index (χ4n) is 2.39. The molecule has 0 amide bonds. The van der Waals surface area contributed by atoms with Crippen LogP contribution in [0.25, 0.3) is 0 Å². The molecular weight excluding hydrogens is 256 g/mol. The molecule has 1 aromatic rings. The lowest BCUT2D eigenvalue weighted by molar-refractivity contribution is 0.0525. The zero-order chi connectivity index (χ0) is 13.4. The van der Waals surface area contributed by atoms with Crippen molar-refractivity contribution in [3.63, 3.8) is 0 Å². The predicted molar refractivity (Wildman–Crippen MR) is 66.2 cm³/mol. The van der Waals surface area contributed by atoms with Gasteiger partial charge in [-0.2, -0.15) is 5.10 Å². The highest BCUT2D eigenvalue weighted by Crippen LogP contribution is 2.38. The van der Waals surface area contributed by atoms with Crippen molar-refractivity contribution in [1.29, 1.82) is 0 Å². The molecule has 1 aromatic heterocycles. The van der Waals surface area contributed by atoms with Gasteiger partial charge in [0.1, 0.15) is 11.3 Å². The number of methoxy groups -OCH3 is 1. The van der Waals surface area contributed by atoms with Gasteiger partial charge < -0.3 is 9.84 Å². The van der Waals surface area contributed by atoms with Crippen LogP contribution in [0.4, 0.5) is 0 Å². The van der Waals surface area contributed by atoms with Crippen LogP contribution in [0.5, 0.6) is 5.75 Å². The Labute approximate surface area is 106 Å². The van der Waals surface area contributed by atoms with Gasteiger partial charge in [-0.05, 0) is 12.8 Å². The quantitative estimate of drug-likeness (QED) is 0.854. The number of aromatic nitrogens is 2. The normalized spacial score (nSPS) is 26.4. The van der Waals surface area contributed by atoms with Crippen LogP contribution in [0.1, 0.15) is 25.5 Å². The van der Waals surface area contributed by atoms with Gasteiger partial charge in [0.25, 0.3) is 0 Å². The molecule has 6 nitrogen and oxygen atoms in total. The third-order valence-corrected chi connectivity index (χ3v) is 4.93. The molecule has 2 rings (SSSR count). The van der Waals surface area contributed by atoms with Gasteiger partial charge in [0.15, 0.2) is 15.6 Å². The van der Waals surface area contributed by atoms with Crippen molar-refractivity contribution < 1.29 is 18.3 Å². The highest BCUT2D eigenvalue weighted by Gasteiger charge is 2.46. The van der Waals surface area contributed by atoms with Gasteiger partial charge in [-0.25, -0.2) is 8.42 Å². The van der Waals surface area contributed by atoms with Gasteiger partial charge in [0.2, 0.25) is 0 Å². The van der Waals surface area contributed by atoms with E-state index in [0.717, 1.165) is 6.42 Å². The monoisotopic (exact) mass is 274 g/mol. The summed E-state index contributed by atoms with van der Waals surface area (Å²) in [5.74, 6) is 0.193. The van der Waals surface area contributed by atoms with Crippen LogP contribution in [-0.4, -0.2) is 41.9 Å². The van der Waals surface area contributed by atoms with E-state index in [9.17, 15) is 13.5 Å². The molecule has 1 aliphatic heterocycles. The zero-order valence-electron chi connectivity index (χ0n) is 10.6. The van der Waals surface area contributed by atoms with E-state index in [4.69, 9.17) is 4.74 Å². The zero-order valence-corrected chi connectivity index (χ0v) is 11.4. The maximum atomic E-state index is 11.6. The minimum absolute atomic E-state index is 0.00393. The largest absolute Gasteiger partial charge is 0.493 e. The first kappa shape index (κ1) is 13.4. The summed E-state index contributed by atoms with van der Waals surface area (Å²) in [7, 11) is -1.69. The summed E-state index contributed by atoms with van der Waals surface area (Å²) in [4.78, 5) is 0. The van der Waals surface area contributed by atoms with Gasteiger partial charge >= 0.3 is 0 Å². The number of nitrogens with zero attached hydrogens (tertiary/aromatic N) is 2. The lowest BCUT2D eigenvalue weighted by atomic mass is 9.98. The van der Waals surface area contributed by atoms with Crippen LogP contribution in [0, 0.1) is 0 Å². The maximum absolute atomic E-state index is 11.6. The molecule has 0 saturated carbocycles. The molecule has 0 radical (unpaired) electrons. The van der Waals surface area contributed by atoms with E-state index < -0.39 is 15.4 Å². The molecule has 0 spiro atoms. The highest BCUT2D eigenvalue weighted by molar-refractivity contribution is 7.91. The number of aryl methyl sites for hydroxylation is 1. The Morgan fingerprint density at radius 2 is 2.33 bits per heavy atom. The topological polar surface area (TPSA) is 81.4 Å². The Kier molecular flexibility index (Phi) is 3.37. The summed E-state index contributed by atoms with van der Waals surface area (Å²) in [5.41, 5.74) is -0.900. The van der Waals surface area contributed by atoms with Gasteiger partial charge in [-0.1, -0.05) is 6.92 Å². The minimum Gasteiger partial charge on any atom is -0.493 e. The average Bonchev–Trinajstić information content (AvgIpc) is 2.81. The molecule has 0 aromatic carbocycles. The summed E-state index contributed by atoms with van der Waals surface area (Å²) < 4.78 is 30.0. The average molecular weight is 274 g/mol. The van der Waals surface area contributed by atoms with Crippen LogP contribution in [-0.2, 0) is 22.0 Å². The van der Waals surface area contributed by atoms with Gasteiger partial charge in [0.05, 0.1) is 24.8 Å². The van der Waals surface area contributed by atoms with Crippen molar-refractivity contribution in [2.24, 2.45) is 0 Å². The van der Waals surface area contributed by atoms with Gasteiger partial charge in [-0.3, -0.25) is 4.68 Å². The molecule has 0 aliphatic carbocycles. The Morgan fingerprint density at radius 3 is 2.83 bits per heavy atom. The summed E-state index contributed by atoms with van der Waals surface area (Å²) in [6, 6.07) is 0. The molecule has 0 bridgehead atoms. The second kappa shape index (κ2) is 4.55. The molecule has 1 saturated heterocycles. The molecule has 102 valence electrons. The van der Waals surface area contributed by atoms with E-state index >= 15 is 0 Å². The van der Waals surface area contributed by atoms with E-state index in [0.29, 0.717) is 18.0 Å². The van der Waals surface area contributed by atoms with Crippen molar-refractivity contribution in [3.05, 3.63) is 11.9 Å². The fourth-order valence-corrected chi connectivity index (χ4v) is 4.19. The van der Waals surface area contributed by atoms with Crippen LogP contribution in [0.2, 0.25) is 0 Å². The molecule has 1 unspecified atom stereocenters. The van der Waals surface area contributed by atoms with Crippen molar-refractivity contribution in [2.75, 3.05) is 18.6 Å². The Balaban J connectivity index is 2.46. The Bertz CT molecular complexity index is 537. The van der Waals surface area contributed by atoms with Crippen molar-refractivity contribution in [2.45, 2.75) is 31.9 Å². The van der Waals surface area contributed by atoms with Crippen LogP contribution in [0.3, 0.4) is 0 Å². The summed E-state index contributed by atoms with van der Waals surface area (Å²) in [6.45, 7) is 2.62. The number of aliphatic hydroxyl groups is 1. The number of sulfone groups is 1. The van der Waals surface area contributed by atoms with Crippen LogP contribution < -0.4 is 4.74 Å². The fraction of sp³-hybridized carbons (Fsp3) is 0.727. The minimum atomic E-state index is -3.18. The molecule has 2 heterocycles. The molecule has 1 aliphatic rings. The number of ether oxygens (including phenoxy) is 1. The van der Waals surface area contributed by atoms with Crippen molar-refractivity contribution in [1.82, 2.24) is 9.78 Å². The smallest absolute Gasteiger partial charge is 0.162 e. The molecule has 1 N–H and O–H groups in total. The molecular formula is C11H18N2O4S. The van der Waals surface area contributed by atoms with Gasteiger partial charge in [0, 0.05) is 6.54 Å². The Morgan fingerprint density at radius 1 is 1.61 bits per heavy atom. The summed E-state index contributed by atoms with van der Waals surface area (Å²) in [6.07, 6.45) is 2.57. The third-order valence-electron chi connectivity index (χ3n) is 3.19. The first-order chi connectivity index (χ1) is 8.42. The number of hydrogen-bond donors (Lipinski definition) is 1. The first-order valence-electron chi connectivity index (χ1n) is 5.95. The van der Waals surface area contributed by atoms with Crippen LogP contribution >= 0.6 is 0 Å². The van der Waals surface area contributed by atoms with E-state index in [1.807, 2.05) is 6.92 Å². The SMILES string of the molecule is CCCn1ncc(OC)c1C1(O)CCS(=O)(=O)C1. The lowest BCUT2D eigenvalue weighted by Gasteiger charge is -2.23. The summed E-state index contributed by atoms with van der Waals surface area (Å²) in [5, 5.41) is 14.7. The van der Waals surface area contributed by atoms with Crippen molar-refractivity contribution in [3.8, 4) is 5.75 Å². The van der Waals surface area contributed by atoms with E-state index in [-0.39, 0.29) is 17.9 Å². The van der Waals surface area contributed by atoms with Crippen LogP contribution in [0.15, 0.2) is 6.20 Å². The third kappa shape index (κ3) is 2.24. The molecule has 7 heteroatoms. The number of rotatable bonds is 4. The molecule has 1 atom stereocenters. The van der Waals surface area contributed by atoms with Crippen molar-refractivity contribution >= 4 is 9.84 Å². The number of hydrogen-bond acceptors (Lipinski definition) is 5. The first-order valence-corrected chi connectivity index (χ1v) is 7.77. The van der Waals surface area contributed by atoms with E-state index in [1.54, 1.807) is 4.68 Å². The predicted octanol–water partition coefficient (Wildman–Crippen LogP) is 0.308. The lowest BCUT2D eigenvalue weighted by Crippen LogP contribution is -2.31. The highest BCUT2D eigenvalue weighted by atomic mass is 32.2. The molecule has 1 fully saturated rings. The van der Waals surface area contributed by atoms with E-state index in [2.05, 4.69) is 5.10 Å². The second-order valence-corrected chi connectivity index (χ2v) is 6.84. The standard InChI is InChI=1S/C11H18N2O4S/c1-3-5-13-10(9(17-2)7-12-13)11(14)4-6-18(15,16)8-11/h7,14H,3-6,8H2,1-2H3. The second-order valence-electron chi connectivity index (χ2n) is 4.66. The van der Waals surface area contributed by atoms with Gasteiger partial charge in [-0.15, -0.1) is 0 Å². The summed E-state index contributed by atoms with van der Waals surface area (Å²) >= 11 is 0. The van der Waals surface area contributed by atoms with E-state index in [1.165, 1.54) is 13.3 Å². The Hall–Kier alpha value is -1.08.